The molecule has 1 aromatic heterocycles. The second-order valence-corrected chi connectivity index (χ2v) is 9.29. The Balaban J connectivity index is 0. The number of fused-ring (bicyclic) bond motifs is 1. The number of carbonyl (C=O) groups is 2. The molecular weight excluding hydrogens is 848 g/mol. The molecule has 0 atom stereocenters. The molecule has 1 aliphatic rings. The average molecular weight is 901 g/mol. The molecule has 47 heavy (non-hydrogen) atoms. The van der Waals surface area contributed by atoms with Gasteiger partial charge in [0.2, 0.25) is 5.91 Å². The normalized spacial score (nSPS) is 11.8. The number of nitrogens with one attached hydrogen (secondary N) is 1. The number of piperazine rings is 1. The smallest absolute Gasteiger partial charge is 0.272 e. The maximum Gasteiger partial charge on any atom is 0.272 e. The third-order valence-electron chi connectivity index (χ3n) is 6.41. The van der Waals surface area contributed by atoms with Gasteiger partial charge in [-0.2, -0.15) is 11.5 Å². The maximum atomic E-state index is 13.3. The van der Waals surface area contributed by atoms with Crippen molar-refractivity contribution in [2.24, 2.45) is 5.73 Å². The van der Waals surface area contributed by atoms with E-state index in [0.29, 0.717) is 63.2 Å². The molecule has 13 heteroatoms. The van der Waals surface area contributed by atoms with Gasteiger partial charge in [-0.25, -0.2) is 9.49 Å². The van der Waals surface area contributed by atoms with Crippen LogP contribution >= 0.6 is 0 Å². The number of aromatic nitrogens is 2. The summed E-state index contributed by atoms with van der Waals surface area (Å²) in [6.07, 6.45) is 2.66. The van der Waals surface area contributed by atoms with Crippen LogP contribution in [0.5, 0.6) is 0 Å². The minimum absolute atomic E-state index is 0. The molecule has 0 radical (unpaired) electrons. The van der Waals surface area contributed by atoms with Crippen LogP contribution in [0.4, 0.5) is 4.39 Å². The van der Waals surface area contributed by atoms with Crippen molar-refractivity contribution >= 4 is 29.4 Å². The van der Waals surface area contributed by atoms with Crippen LogP contribution in [0.2, 0.25) is 0 Å². The van der Waals surface area contributed by atoms with E-state index in [0.717, 1.165) is 24.0 Å². The van der Waals surface area contributed by atoms with Gasteiger partial charge in [0.05, 0.1) is 36.4 Å². The van der Waals surface area contributed by atoms with Crippen LogP contribution in [0.15, 0.2) is 47.3 Å². The Hall–Kier alpha value is -5.00. The van der Waals surface area contributed by atoms with Crippen LogP contribution in [0.3, 0.4) is 0 Å². The summed E-state index contributed by atoms with van der Waals surface area (Å²) in [6.45, 7) is 16.9. The first kappa shape index (κ1) is 44.1. The Morgan fingerprint density at radius 3 is 2.23 bits per heavy atom. The van der Waals surface area contributed by atoms with Crippen LogP contribution in [-0.4, -0.2) is 110 Å². The van der Waals surface area contributed by atoms with E-state index in [1.807, 2.05) is 60.7 Å². The molecule has 0 bridgehead atoms. The molecule has 1 aliphatic heterocycles. The van der Waals surface area contributed by atoms with Gasteiger partial charge in [0.1, 0.15) is 5.82 Å². The number of aldehydes is 1. The number of hydrogen-bond acceptors (Lipinski definition) is 8. The molecule has 0 aliphatic carbocycles. The summed E-state index contributed by atoms with van der Waals surface area (Å²) in [6, 6.07) is 11.5. The van der Waals surface area contributed by atoms with Crippen molar-refractivity contribution in [3.63, 3.8) is 0 Å². The zero-order valence-corrected chi connectivity index (χ0v) is 31.2. The summed E-state index contributed by atoms with van der Waals surface area (Å²) in [4.78, 5) is 50.5. The van der Waals surface area contributed by atoms with E-state index < -0.39 is 5.82 Å². The van der Waals surface area contributed by atoms with Crippen molar-refractivity contribution in [1.29, 1.82) is 0 Å². The fourth-order valence-corrected chi connectivity index (χ4v) is 4.13. The molecule has 0 spiro atoms. The van der Waals surface area contributed by atoms with Crippen molar-refractivity contribution in [2.45, 2.75) is 48.0 Å². The van der Waals surface area contributed by atoms with Gasteiger partial charge in [0.25, 0.3) is 5.56 Å². The number of aromatic amines is 1. The second kappa shape index (κ2) is 26.2. The Morgan fingerprint density at radius 2 is 1.66 bits per heavy atom. The van der Waals surface area contributed by atoms with Crippen molar-refractivity contribution in [1.82, 2.24) is 24.9 Å². The fourth-order valence-electron chi connectivity index (χ4n) is 4.13. The SMILES string of the molecule is CC.CC.CC.CN1CCN(C(=O)CN([C-]=O)CCOCCN)CC1.O=Cc1cc(Cc2n[nH]c(=O)c3ccccc23)ccc1F.[Fm]. The predicted octanol–water partition coefficient (Wildman–Crippen LogP) is 3.65. The van der Waals surface area contributed by atoms with Gasteiger partial charge in [0, 0.05) is 51.1 Å². The van der Waals surface area contributed by atoms with Gasteiger partial charge in [-0.05, 0) is 30.8 Å². The van der Waals surface area contributed by atoms with Crippen molar-refractivity contribution in [2.75, 3.05) is 66.1 Å². The van der Waals surface area contributed by atoms with Crippen molar-refractivity contribution in [3.8, 4) is 0 Å². The van der Waals surface area contributed by atoms with Gasteiger partial charge in [-0.3, -0.25) is 14.4 Å². The summed E-state index contributed by atoms with van der Waals surface area (Å²) in [5.41, 5.74) is 6.48. The van der Waals surface area contributed by atoms with E-state index >= 15 is 0 Å². The van der Waals surface area contributed by atoms with Crippen LogP contribution in [0, 0.1) is 5.82 Å². The first-order valence-corrected chi connectivity index (χ1v) is 15.9. The van der Waals surface area contributed by atoms with E-state index in [1.54, 1.807) is 29.5 Å². The number of amides is 2. The number of hydrogen-bond donors (Lipinski definition) is 2. The average Bonchev–Trinajstić information content (AvgIpc) is 3.11. The summed E-state index contributed by atoms with van der Waals surface area (Å²) in [7, 11) is 2.03. The zero-order valence-electron chi connectivity index (χ0n) is 28.8. The first-order valence-electron chi connectivity index (χ1n) is 15.9. The molecule has 268 valence electrons. The van der Waals surface area contributed by atoms with Crippen LogP contribution in [0.1, 0.15) is 63.2 Å². The number of halogens is 1. The van der Waals surface area contributed by atoms with Crippen molar-refractivity contribution < 1.29 is 23.5 Å². The summed E-state index contributed by atoms with van der Waals surface area (Å²) < 4.78 is 18.5. The largest absolute Gasteiger partial charge is 0.520 e. The Morgan fingerprint density at radius 1 is 1.04 bits per heavy atom. The summed E-state index contributed by atoms with van der Waals surface area (Å²) >= 11 is 0. The molecule has 4 rings (SSSR count). The molecule has 1 fully saturated rings. The Bertz CT molecular complexity index is 1350. The number of benzene rings is 2. The van der Waals surface area contributed by atoms with Gasteiger partial charge in [-0.15, -0.1) is 0 Å². The summed E-state index contributed by atoms with van der Waals surface area (Å²) in [5, 5.41) is 7.82. The number of likely N-dealkylation sites (N-methyl/N-ethyl adjacent to an activating group) is 1. The number of carbonyl (C=O) groups excluding carboxylic acids is 3. The second-order valence-electron chi connectivity index (χ2n) is 9.29. The van der Waals surface area contributed by atoms with Gasteiger partial charge in [-0.1, -0.05) is 65.8 Å². The maximum absolute atomic E-state index is 13.3. The number of ether oxygens (including phenoxy) is 1. The van der Waals surface area contributed by atoms with Gasteiger partial charge < -0.3 is 30.0 Å². The molecule has 2 amide bonds. The third-order valence-corrected chi connectivity index (χ3v) is 6.41. The molecule has 2 heterocycles. The summed E-state index contributed by atoms with van der Waals surface area (Å²) in [5.74, 6) is -0.580. The minimum Gasteiger partial charge on any atom is -0.520 e. The molecule has 0 unspecified atom stereocenters. The monoisotopic (exact) mass is 900 g/mol. The molecule has 2 aromatic carbocycles. The Kier molecular flexibility index (Phi) is 24.6. The molecule has 11 nitrogen and oxygen atoms in total. The molecule has 1 saturated heterocycles. The van der Waals surface area contributed by atoms with E-state index in [4.69, 9.17) is 10.5 Å². The molecule has 3 N–H and O–H groups in total. The predicted molar refractivity (Wildman–Crippen MR) is 182 cm³/mol. The van der Waals surface area contributed by atoms with E-state index in [1.165, 1.54) is 17.0 Å². The van der Waals surface area contributed by atoms with E-state index in [9.17, 15) is 23.6 Å². The van der Waals surface area contributed by atoms with Gasteiger partial charge in [0.15, 0.2) is 6.29 Å². The Labute approximate surface area is 272 Å². The third kappa shape index (κ3) is 15.2. The van der Waals surface area contributed by atoms with Crippen LogP contribution in [-0.2, 0) is 20.7 Å². The number of nitrogens with zero attached hydrogens (tertiary/aromatic N) is 4. The van der Waals surface area contributed by atoms with Gasteiger partial charge >= 0.3 is 0 Å². The van der Waals surface area contributed by atoms with Crippen LogP contribution in [0.25, 0.3) is 10.8 Å². The minimum atomic E-state index is -0.548. The molecule has 3 aromatic rings. The number of H-pyrrole nitrogens is 1. The zero-order chi connectivity index (χ0) is 34.9. The number of nitrogens with two attached hydrogens (primary N) is 1. The van der Waals surface area contributed by atoms with E-state index in [2.05, 4.69) is 15.1 Å². The first-order chi connectivity index (χ1) is 22.4. The number of rotatable bonds is 11. The van der Waals surface area contributed by atoms with E-state index in [-0.39, 0.29) is 23.6 Å². The standard InChI is InChI=1S/C16H11FN2O2.C12H23N4O3.3C2H6.Fm/c17-14-6-5-10(7-11(14)9-20)8-15-12-3-1-2-4-13(12)16(21)19-18-15;1-14-3-5-16(6-4-14)12(18)10-15(11-17)7-9-19-8-2-13;3*1-2;/h1-7,9H,8H2,(H,19,21);2-10,13H2,1H3;3*1-2H3;/q;-1;;;;. The fraction of sp³-hybridized carbons (Fsp3) is 0.500. The van der Waals surface area contributed by atoms with Crippen molar-refractivity contribution in [3.05, 3.63) is 75.5 Å². The molecular formula is C34H52FFmN6O5-. The topological polar surface area (TPSA) is 142 Å². The quantitative estimate of drug-likeness (QED) is 0.129. The van der Waals surface area contributed by atoms with Crippen LogP contribution < -0.4 is 11.3 Å². The molecule has 0 saturated carbocycles.